The number of hydrogen-bond donors (Lipinski definition) is 1. The number of ether oxygens (including phenoxy) is 1. The standard InChI is InChI=1S/C24H27N3O3/c1-5-15-27-23(28)21(17-7-13-20(14-8-17)30-16-6-2)22(24(27)29)25-18-9-11-19(12-10-18)26(3)4/h5,7-14,25H,1,6,15-16H2,2-4H3. The third kappa shape index (κ3) is 4.38. The number of benzene rings is 2. The summed E-state index contributed by atoms with van der Waals surface area (Å²) in [5, 5.41) is 3.16. The number of nitrogens with zero attached hydrogens (tertiary/aromatic N) is 2. The Labute approximate surface area is 177 Å². The molecule has 1 aliphatic rings. The summed E-state index contributed by atoms with van der Waals surface area (Å²) in [7, 11) is 3.92. The van der Waals surface area contributed by atoms with Crippen LogP contribution in [-0.4, -0.2) is 44.0 Å². The summed E-state index contributed by atoms with van der Waals surface area (Å²) in [6, 6.07) is 14.9. The molecule has 2 amide bonds. The lowest BCUT2D eigenvalue weighted by Gasteiger charge is -2.14. The molecule has 0 atom stereocenters. The highest BCUT2D eigenvalue weighted by atomic mass is 16.5. The SMILES string of the molecule is C=CCN1C(=O)C(Nc2ccc(N(C)C)cc2)=C(c2ccc(OCCC)cc2)C1=O. The molecule has 1 N–H and O–H groups in total. The molecule has 156 valence electrons. The zero-order valence-corrected chi connectivity index (χ0v) is 17.6. The van der Waals surface area contributed by atoms with Gasteiger partial charge in [0.1, 0.15) is 11.4 Å². The molecule has 6 nitrogen and oxygen atoms in total. The van der Waals surface area contributed by atoms with E-state index in [0.29, 0.717) is 17.7 Å². The van der Waals surface area contributed by atoms with Crippen LogP contribution in [0.4, 0.5) is 11.4 Å². The van der Waals surface area contributed by atoms with Crippen molar-refractivity contribution in [3.05, 3.63) is 72.4 Å². The third-order valence-corrected chi connectivity index (χ3v) is 4.75. The summed E-state index contributed by atoms with van der Waals surface area (Å²) in [6.07, 6.45) is 2.46. The summed E-state index contributed by atoms with van der Waals surface area (Å²) in [5.41, 5.74) is 3.05. The predicted molar refractivity (Wildman–Crippen MR) is 120 cm³/mol. The van der Waals surface area contributed by atoms with E-state index in [-0.39, 0.29) is 24.1 Å². The van der Waals surface area contributed by atoms with Gasteiger partial charge >= 0.3 is 0 Å². The van der Waals surface area contributed by atoms with E-state index < -0.39 is 0 Å². The fourth-order valence-electron chi connectivity index (χ4n) is 3.18. The van der Waals surface area contributed by atoms with E-state index >= 15 is 0 Å². The van der Waals surface area contributed by atoms with E-state index in [1.165, 1.54) is 4.90 Å². The molecule has 2 aromatic rings. The van der Waals surface area contributed by atoms with Crippen LogP contribution in [0, 0.1) is 0 Å². The Morgan fingerprint density at radius 3 is 2.27 bits per heavy atom. The smallest absolute Gasteiger partial charge is 0.278 e. The van der Waals surface area contributed by atoms with Gasteiger partial charge in [-0.2, -0.15) is 0 Å². The molecular weight excluding hydrogens is 378 g/mol. The molecule has 3 rings (SSSR count). The number of imide groups is 1. The Kier molecular flexibility index (Phi) is 6.57. The van der Waals surface area contributed by atoms with E-state index in [4.69, 9.17) is 4.74 Å². The van der Waals surface area contributed by atoms with Gasteiger partial charge in [-0.05, 0) is 48.4 Å². The number of amides is 2. The van der Waals surface area contributed by atoms with Gasteiger partial charge in [0.25, 0.3) is 11.8 Å². The second-order valence-electron chi connectivity index (χ2n) is 7.20. The molecule has 1 heterocycles. The fourth-order valence-corrected chi connectivity index (χ4v) is 3.18. The first-order valence-electron chi connectivity index (χ1n) is 9.95. The molecule has 0 saturated carbocycles. The maximum absolute atomic E-state index is 13.0. The Morgan fingerprint density at radius 2 is 1.70 bits per heavy atom. The van der Waals surface area contributed by atoms with Gasteiger partial charge in [0.15, 0.2) is 0 Å². The first-order chi connectivity index (χ1) is 14.5. The second kappa shape index (κ2) is 9.31. The Morgan fingerprint density at radius 1 is 1.03 bits per heavy atom. The molecule has 30 heavy (non-hydrogen) atoms. The molecule has 0 fully saturated rings. The summed E-state index contributed by atoms with van der Waals surface area (Å²) < 4.78 is 5.62. The zero-order chi connectivity index (χ0) is 21.7. The minimum atomic E-state index is -0.363. The van der Waals surface area contributed by atoms with E-state index in [0.717, 1.165) is 23.5 Å². The number of anilines is 2. The summed E-state index contributed by atoms with van der Waals surface area (Å²) in [5.74, 6) is 0.0298. The first kappa shape index (κ1) is 21.2. The van der Waals surface area contributed by atoms with Crippen molar-refractivity contribution in [3.8, 4) is 5.75 Å². The Balaban J connectivity index is 1.96. The van der Waals surface area contributed by atoms with Crippen LogP contribution >= 0.6 is 0 Å². The summed E-state index contributed by atoms with van der Waals surface area (Å²) in [4.78, 5) is 29.2. The first-order valence-corrected chi connectivity index (χ1v) is 9.95. The molecule has 2 aromatic carbocycles. The molecule has 0 aliphatic carbocycles. The van der Waals surface area contributed by atoms with Crippen molar-refractivity contribution >= 4 is 28.8 Å². The zero-order valence-electron chi connectivity index (χ0n) is 17.6. The average Bonchev–Trinajstić information content (AvgIpc) is 2.97. The number of hydrogen-bond acceptors (Lipinski definition) is 5. The number of carbonyl (C=O) groups is 2. The average molecular weight is 405 g/mol. The van der Waals surface area contributed by atoms with E-state index in [2.05, 4.69) is 11.9 Å². The van der Waals surface area contributed by atoms with Crippen LogP contribution in [0.1, 0.15) is 18.9 Å². The molecule has 0 unspecified atom stereocenters. The highest BCUT2D eigenvalue weighted by Gasteiger charge is 2.38. The van der Waals surface area contributed by atoms with Crippen LogP contribution in [0.5, 0.6) is 5.75 Å². The van der Waals surface area contributed by atoms with Crippen molar-refractivity contribution in [3.63, 3.8) is 0 Å². The predicted octanol–water partition coefficient (Wildman–Crippen LogP) is 3.92. The number of nitrogens with one attached hydrogen (secondary N) is 1. The van der Waals surface area contributed by atoms with Crippen LogP contribution in [0.15, 0.2) is 66.9 Å². The normalized spacial score (nSPS) is 13.6. The maximum atomic E-state index is 13.0. The fraction of sp³-hybridized carbons (Fsp3) is 0.250. The molecule has 1 aliphatic heterocycles. The Hall–Kier alpha value is -3.54. The van der Waals surface area contributed by atoms with Gasteiger partial charge in [-0.25, -0.2) is 0 Å². The van der Waals surface area contributed by atoms with Gasteiger partial charge in [-0.1, -0.05) is 25.1 Å². The summed E-state index contributed by atoms with van der Waals surface area (Å²) in [6.45, 7) is 6.48. The quantitative estimate of drug-likeness (QED) is 0.506. The monoisotopic (exact) mass is 405 g/mol. The lowest BCUT2D eigenvalue weighted by Crippen LogP contribution is -2.32. The van der Waals surface area contributed by atoms with E-state index in [1.54, 1.807) is 18.2 Å². The molecule has 0 spiro atoms. The van der Waals surface area contributed by atoms with Crippen LogP contribution in [0.3, 0.4) is 0 Å². The molecule has 0 saturated heterocycles. The molecule has 0 radical (unpaired) electrons. The van der Waals surface area contributed by atoms with Crippen LogP contribution < -0.4 is 15.0 Å². The van der Waals surface area contributed by atoms with Gasteiger partial charge in [-0.15, -0.1) is 6.58 Å². The molecule has 6 heteroatoms. The van der Waals surface area contributed by atoms with Crippen molar-refractivity contribution < 1.29 is 14.3 Å². The molecular formula is C24H27N3O3. The van der Waals surface area contributed by atoms with Crippen molar-refractivity contribution in [1.82, 2.24) is 4.90 Å². The highest BCUT2D eigenvalue weighted by molar-refractivity contribution is 6.36. The van der Waals surface area contributed by atoms with Crippen LogP contribution in [-0.2, 0) is 9.59 Å². The lowest BCUT2D eigenvalue weighted by molar-refractivity contribution is -0.136. The van der Waals surface area contributed by atoms with Crippen molar-refractivity contribution in [2.75, 3.05) is 37.5 Å². The minimum absolute atomic E-state index is 0.156. The number of rotatable bonds is 9. The van der Waals surface area contributed by atoms with Crippen molar-refractivity contribution in [2.24, 2.45) is 0 Å². The second-order valence-corrected chi connectivity index (χ2v) is 7.20. The third-order valence-electron chi connectivity index (χ3n) is 4.75. The maximum Gasteiger partial charge on any atom is 0.278 e. The number of carbonyl (C=O) groups excluding carboxylic acids is 2. The highest BCUT2D eigenvalue weighted by Crippen LogP contribution is 2.31. The van der Waals surface area contributed by atoms with Crippen LogP contribution in [0.25, 0.3) is 5.57 Å². The van der Waals surface area contributed by atoms with Gasteiger partial charge in [0.2, 0.25) is 0 Å². The van der Waals surface area contributed by atoms with Crippen LogP contribution in [0.2, 0.25) is 0 Å². The molecule has 0 bridgehead atoms. The topological polar surface area (TPSA) is 61.9 Å². The van der Waals surface area contributed by atoms with E-state index in [9.17, 15) is 9.59 Å². The van der Waals surface area contributed by atoms with Gasteiger partial charge in [-0.3, -0.25) is 14.5 Å². The Bertz CT molecular complexity index is 960. The van der Waals surface area contributed by atoms with Gasteiger partial charge in [0.05, 0.1) is 12.2 Å². The van der Waals surface area contributed by atoms with Gasteiger partial charge in [0, 0.05) is 32.0 Å². The largest absolute Gasteiger partial charge is 0.494 e. The van der Waals surface area contributed by atoms with Crippen molar-refractivity contribution in [2.45, 2.75) is 13.3 Å². The lowest BCUT2D eigenvalue weighted by atomic mass is 10.0. The molecule has 0 aromatic heterocycles. The van der Waals surface area contributed by atoms with Gasteiger partial charge < -0.3 is 15.0 Å². The van der Waals surface area contributed by atoms with Crippen molar-refractivity contribution in [1.29, 1.82) is 0 Å². The summed E-state index contributed by atoms with van der Waals surface area (Å²) >= 11 is 0. The minimum Gasteiger partial charge on any atom is -0.494 e. The van der Waals surface area contributed by atoms with E-state index in [1.807, 2.05) is 62.3 Å².